The molecule has 22 heavy (non-hydrogen) atoms. The average Bonchev–Trinajstić information content (AvgIpc) is 2.53. The molecule has 1 heterocycles. The van der Waals surface area contributed by atoms with Crippen molar-refractivity contribution < 1.29 is 9.53 Å². The van der Waals surface area contributed by atoms with Crippen molar-refractivity contribution in [1.29, 1.82) is 0 Å². The van der Waals surface area contributed by atoms with Crippen LogP contribution in [-0.2, 0) is 6.54 Å². The molecule has 0 spiro atoms. The van der Waals surface area contributed by atoms with Crippen LogP contribution in [0.2, 0.25) is 0 Å². The largest absolute Gasteiger partial charge is 0.481 e. The number of nitrogens with one attached hydrogen (secondary N) is 1. The van der Waals surface area contributed by atoms with Crippen molar-refractivity contribution in [3.63, 3.8) is 0 Å². The number of hydrogen-bond acceptors (Lipinski definition) is 4. The molecular weight excluding hydrogens is 296 g/mol. The van der Waals surface area contributed by atoms with E-state index in [2.05, 4.69) is 24.1 Å². The van der Waals surface area contributed by atoms with Crippen LogP contribution in [0.25, 0.3) is 0 Å². The fraction of sp³-hybridized carbons (Fsp3) is 0.294. The normalized spacial score (nSPS) is 10.5. The van der Waals surface area contributed by atoms with Crippen molar-refractivity contribution in [2.24, 2.45) is 0 Å². The molecule has 0 bridgehead atoms. The van der Waals surface area contributed by atoms with Crippen LogP contribution < -0.4 is 10.1 Å². The van der Waals surface area contributed by atoms with E-state index in [0.29, 0.717) is 23.2 Å². The molecule has 0 radical (unpaired) electrons. The number of benzene rings is 1. The summed E-state index contributed by atoms with van der Waals surface area (Å²) in [5, 5.41) is 3.36. The lowest BCUT2D eigenvalue weighted by atomic mass is 10.2. The number of carbonyl (C=O) groups excluding carboxylic acids is 1. The van der Waals surface area contributed by atoms with Crippen LogP contribution >= 0.6 is 11.8 Å². The van der Waals surface area contributed by atoms with Gasteiger partial charge in [0.15, 0.2) is 0 Å². The van der Waals surface area contributed by atoms with E-state index in [1.165, 1.54) is 0 Å². The maximum Gasteiger partial charge on any atom is 0.252 e. The second-order valence-corrected chi connectivity index (χ2v) is 6.67. The van der Waals surface area contributed by atoms with Gasteiger partial charge in [0.05, 0.1) is 12.7 Å². The third-order valence-corrected chi connectivity index (χ3v) is 4.04. The maximum atomic E-state index is 12.4. The minimum absolute atomic E-state index is 0.0698. The van der Waals surface area contributed by atoms with Crippen LogP contribution in [0.4, 0.5) is 0 Å². The quantitative estimate of drug-likeness (QED) is 0.829. The van der Waals surface area contributed by atoms with E-state index < -0.39 is 0 Å². The fourth-order valence-corrected chi connectivity index (χ4v) is 2.88. The van der Waals surface area contributed by atoms with Crippen molar-refractivity contribution in [3.8, 4) is 5.88 Å². The first kappa shape index (κ1) is 16.4. The first-order valence-corrected chi connectivity index (χ1v) is 8.01. The Morgan fingerprint density at radius 2 is 2.05 bits per heavy atom. The molecule has 2 rings (SSSR count). The summed E-state index contributed by atoms with van der Waals surface area (Å²) in [5.41, 5.74) is 1.64. The zero-order chi connectivity index (χ0) is 15.9. The smallest absolute Gasteiger partial charge is 0.252 e. The Morgan fingerprint density at radius 1 is 1.27 bits per heavy atom. The number of rotatable bonds is 6. The fourth-order valence-electron chi connectivity index (χ4n) is 1.92. The molecule has 0 saturated heterocycles. The molecule has 0 fully saturated rings. The molecule has 116 valence electrons. The average molecular weight is 316 g/mol. The van der Waals surface area contributed by atoms with Gasteiger partial charge in [-0.3, -0.25) is 4.79 Å². The predicted octanol–water partition coefficient (Wildman–Crippen LogP) is 3.52. The van der Waals surface area contributed by atoms with Gasteiger partial charge in [-0.15, -0.1) is 11.8 Å². The summed E-state index contributed by atoms with van der Waals surface area (Å²) in [7, 11) is 1.58. The minimum atomic E-state index is -0.0698. The molecule has 0 aliphatic carbocycles. The monoisotopic (exact) mass is 316 g/mol. The Hall–Kier alpha value is -2.01. The summed E-state index contributed by atoms with van der Waals surface area (Å²) >= 11 is 1.69. The van der Waals surface area contributed by atoms with E-state index in [-0.39, 0.29) is 5.91 Å². The first-order valence-electron chi connectivity index (χ1n) is 7.13. The lowest BCUT2D eigenvalue weighted by molar-refractivity contribution is 0.0948. The maximum absolute atomic E-state index is 12.4. The number of pyridine rings is 1. The summed E-state index contributed by atoms with van der Waals surface area (Å²) in [5.74, 6) is 0.494. The molecule has 0 saturated carbocycles. The molecular formula is C17H20N2O2S. The van der Waals surface area contributed by atoms with E-state index in [4.69, 9.17) is 4.74 Å². The zero-order valence-corrected chi connectivity index (χ0v) is 13.8. The lowest BCUT2D eigenvalue weighted by Crippen LogP contribution is -2.23. The number of thioether (sulfide) groups is 1. The van der Waals surface area contributed by atoms with Gasteiger partial charge in [-0.05, 0) is 17.7 Å². The van der Waals surface area contributed by atoms with Gasteiger partial charge in [0.25, 0.3) is 5.91 Å². The van der Waals surface area contributed by atoms with Crippen LogP contribution in [0.15, 0.2) is 47.5 Å². The summed E-state index contributed by atoms with van der Waals surface area (Å²) in [6.45, 7) is 4.67. The van der Waals surface area contributed by atoms with E-state index in [0.717, 1.165) is 10.5 Å². The van der Waals surface area contributed by atoms with Gasteiger partial charge in [-0.25, -0.2) is 4.98 Å². The Morgan fingerprint density at radius 3 is 2.68 bits per heavy atom. The summed E-state index contributed by atoms with van der Waals surface area (Å²) in [6.07, 6.45) is 1.70. The van der Waals surface area contributed by atoms with E-state index in [1.807, 2.05) is 30.3 Å². The van der Waals surface area contributed by atoms with E-state index >= 15 is 0 Å². The highest BCUT2D eigenvalue weighted by Crippen LogP contribution is 2.26. The SMILES string of the molecule is COc1ccc(CNC(=O)c2ccccc2SC(C)C)cn1. The number of amides is 1. The van der Waals surface area contributed by atoms with Gasteiger partial charge in [0.1, 0.15) is 0 Å². The van der Waals surface area contributed by atoms with Crippen molar-refractivity contribution >= 4 is 17.7 Å². The molecule has 0 unspecified atom stereocenters. The summed E-state index contributed by atoms with van der Waals surface area (Å²) in [4.78, 5) is 17.5. The second-order valence-electron chi connectivity index (χ2n) is 5.05. The molecule has 0 aliphatic rings. The molecule has 0 aliphatic heterocycles. The number of hydrogen-bond donors (Lipinski definition) is 1. The van der Waals surface area contributed by atoms with Crippen molar-refractivity contribution in [2.75, 3.05) is 7.11 Å². The Balaban J connectivity index is 2.02. The third-order valence-electron chi connectivity index (χ3n) is 2.95. The number of methoxy groups -OCH3 is 1. The lowest BCUT2D eigenvalue weighted by Gasteiger charge is -2.11. The third kappa shape index (κ3) is 4.49. The summed E-state index contributed by atoms with van der Waals surface area (Å²) < 4.78 is 5.02. The van der Waals surface area contributed by atoms with Crippen molar-refractivity contribution in [2.45, 2.75) is 30.5 Å². The minimum Gasteiger partial charge on any atom is -0.481 e. The van der Waals surface area contributed by atoms with Gasteiger partial charge in [0.2, 0.25) is 5.88 Å². The van der Waals surface area contributed by atoms with Crippen LogP contribution in [0, 0.1) is 0 Å². The highest BCUT2D eigenvalue weighted by molar-refractivity contribution is 8.00. The van der Waals surface area contributed by atoms with Gasteiger partial charge in [-0.1, -0.05) is 32.0 Å². The number of ether oxygens (including phenoxy) is 1. The number of nitrogens with zero attached hydrogens (tertiary/aromatic N) is 1. The molecule has 5 heteroatoms. The van der Waals surface area contributed by atoms with Gasteiger partial charge in [0, 0.05) is 29.0 Å². The molecule has 1 aromatic carbocycles. The Bertz CT molecular complexity index is 627. The van der Waals surface area contributed by atoms with Gasteiger partial charge >= 0.3 is 0 Å². The van der Waals surface area contributed by atoms with Crippen LogP contribution in [0.1, 0.15) is 29.8 Å². The van der Waals surface area contributed by atoms with Crippen LogP contribution in [0.5, 0.6) is 5.88 Å². The molecule has 1 aromatic heterocycles. The molecule has 0 atom stereocenters. The number of carbonyl (C=O) groups is 1. The van der Waals surface area contributed by atoms with Crippen molar-refractivity contribution in [1.82, 2.24) is 10.3 Å². The van der Waals surface area contributed by atoms with Crippen molar-refractivity contribution in [3.05, 3.63) is 53.7 Å². The van der Waals surface area contributed by atoms with Gasteiger partial charge in [-0.2, -0.15) is 0 Å². The topological polar surface area (TPSA) is 51.2 Å². The first-order chi connectivity index (χ1) is 10.6. The highest BCUT2D eigenvalue weighted by Gasteiger charge is 2.12. The highest BCUT2D eigenvalue weighted by atomic mass is 32.2. The summed E-state index contributed by atoms with van der Waals surface area (Å²) in [6, 6.07) is 11.3. The Kier molecular flexibility index (Phi) is 5.83. The molecule has 4 nitrogen and oxygen atoms in total. The van der Waals surface area contributed by atoms with Crippen LogP contribution in [0.3, 0.4) is 0 Å². The molecule has 2 aromatic rings. The standard InChI is InChI=1S/C17H20N2O2S/c1-12(2)22-15-7-5-4-6-14(15)17(20)19-11-13-8-9-16(21-3)18-10-13/h4-10,12H,11H2,1-3H3,(H,19,20). The molecule has 1 amide bonds. The van der Waals surface area contributed by atoms with Gasteiger partial charge < -0.3 is 10.1 Å². The Labute approximate surface area is 135 Å². The second kappa shape index (κ2) is 7.84. The van der Waals surface area contributed by atoms with E-state index in [9.17, 15) is 4.79 Å². The molecule has 1 N–H and O–H groups in total. The van der Waals surface area contributed by atoms with E-state index in [1.54, 1.807) is 31.1 Å². The van der Waals surface area contributed by atoms with Crippen LogP contribution in [-0.4, -0.2) is 23.3 Å². The number of aromatic nitrogens is 1. The zero-order valence-electron chi connectivity index (χ0n) is 13.0. The predicted molar refractivity (Wildman–Crippen MR) is 89.4 cm³/mol.